The van der Waals surface area contributed by atoms with Crippen LogP contribution in [0.4, 0.5) is 0 Å². The van der Waals surface area contributed by atoms with Crippen LogP contribution in [-0.4, -0.2) is 23.5 Å². The number of nitrogens with zero attached hydrogens (tertiary/aromatic N) is 2. The number of aromatic nitrogens is 1. The van der Waals surface area contributed by atoms with Crippen LogP contribution >= 0.6 is 11.3 Å². The van der Waals surface area contributed by atoms with Crippen molar-refractivity contribution in [2.24, 2.45) is 5.73 Å². The van der Waals surface area contributed by atoms with Gasteiger partial charge in [-0.3, -0.25) is 9.88 Å². The van der Waals surface area contributed by atoms with Gasteiger partial charge in [0.15, 0.2) is 0 Å². The molecular formula is C17H19N3S. The highest BCUT2D eigenvalue weighted by atomic mass is 32.1. The number of nitrogens with two attached hydrogens (primary N) is 1. The molecule has 1 aromatic carbocycles. The van der Waals surface area contributed by atoms with E-state index in [9.17, 15) is 0 Å². The zero-order chi connectivity index (χ0) is 14.7. The molecule has 0 aliphatic rings. The average Bonchev–Trinajstić information content (AvgIpc) is 2.93. The molecule has 2 heterocycles. The van der Waals surface area contributed by atoms with E-state index >= 15 is 0 Å². The van der Waals surface area contributed by atoms with Crippen molar-refractivity contribution in [3.63, 3.8) is 0 Å². The number of fused-ring (bicyclic) bond motifs is 1. The Kier molecular flexibility index (Phi) is 4.29. The van der Waals surface area contributed by atoms with E-state index < -0.39 is 0 Å². The fraction of sp³-hybridized carbons (Fsp3) is 0.235. The minimum atomic E-state index is 0.223. The average molecular weight is 297 g/mol. The van der Waals surface area contributed by atoms with E-state index in [-0.39, 0.29) is 6.04 Å². The predicted octanol–water partition coefficient (Wildman–Crippen LogP) is 3.43. The van der Waals surface area contributed by atoms with Gasteiger partial charge in [-0.1, -0.05) is 24.3 Å². The van der Waals surface area contributed by atoms with E-state index in [0.29, 0.717) is 6.54 Å². The molecule has 0 aliphatic heterocycles. The molecule has 3 nitrogen and oxygen atoms in total. The molecule has 0 fully saturated rings. The summed E-state index contributed by atoms with van der Waals surface area (Å²) in [7, 11) is 2.12. The summed E-state index contributed by atoms with van der Waals surface area (Å²) >= 11 is 1.79. The monoisotopic (exact) mass is 297 g/mol. The van der Waals surface area contributed by atoms with Gasteiger partial charge in [0, 0.05) is 36.2 Å². The van der Waals surface area contributed by atoms with E-state index in [1.54, 1.807) is 17.5 Å². The van der Waals surface area contributed by atoms with Gasteiger partial charge < -0.3 is 5.73 Å². The van der Waals surface area contributed by atoms with Crippen LogP contribution in [0.2, 0.25) is 0 Å². The fourth-order valence-corrected chi connectivity index (χ4v) is 3.70. The van der Waals surface area contributed by atoms with Crippen LogP contribution < -0.4 is 5.73 Å². The lowest BCUT2D eigenvalue weighted by molar-refractivity contribution is 0.243. The van der Waals surface area contributed by atoms with Crippen LogP contribution in [-0.2, 0) is 6.54 Å². The van der Waals surface area contributed by atoms with Gasteiger partial charge in [0.2, 0.25) is 0 Å². The molecule has 3 aromatic rings. The van der Waals surface area contributed by atoms with Gasteiger partial charge in [0.1, 0.15) is 0 Å². The van der Waals surface area contributed by atoms with Gasteiger partial charge in [0.25, 0.3) is 0 Å². The molecule has 1 unspecified atom stereocenters. The van der Waals surface area contributed by atoms with E-state index in [1.807, 2.05) is 12.3 Å². The first-order chi connectivity index (χ1) is 10.3. The van der Waals surface area contributed by atoms with E-state index in [0.717, 1.165) is 6.54 Å². The Morgan fingerprint density at radius 3 is 2.86 bits per heavy atom. The molecule has 0 spiro atoms. The third-order valence-electron chi connectivity index (χ3n) is 3.78. The second-order valence-corrected chi connectivity index (χ2v) is 6.13. The van der Waals surface area contributed by atoms with Crippen molar-refractivity contribution >= 4 is 21.4 Å². The highest BCUT2D eigenvalue weighted by Crippen LogP contribution is 2.32. The molecule has 21 heavy (non-hydrogen) atoms. The third-order valence-corrected chi connectivity index (χ3v) is 4.76. The topological polar surface area (TPSA) is 42.2 Å². The summed E-state index contributed by atoms with van der Waals surface area (Å²) in [4.78, 5) is 6.48. The Labute approximate surface area is 129 Å². The Bertz CT molecular complexity index is 708. The lowest BCUT2D eigenvalue weighted by atomic mass is 10.0. The minimum absolute atomic E-state index is 0.223. The number of hydrogen-bond acceptors (Lipinski definition) is 4. The number of thiophene rings is 1. The number of hydrogen-bond donors (Lipinski definition) is 1. The standard InChI is InChI=1S/C17H19N3S/c1-20(11-13-5-4-8-19-10-13)16(9-18)15-12-21-17-7-3-2-6-14(15)17/h2-8,10,12,16H,9,11,18H2,1H3. The van der Waals surface area contributed by atoms with Crippen molar-refractivity contribution in [1.29, 1.82) is 0 Å². The van der Waals surface area contributed by atoms with Gasteiger partial charge in [0.05, 0.1) is 0 Å². The Morgan fingerprint density at radius 2 is 2.10 bits per heavy atom. The van der Waals surface area contributed by atoms with Crippen molar-refractivity contribution in [3.05, 3.63) is 65.3 Å². The summed E-state index contributed by atoms with van der Waals surface area (Å²) < 4.78 is 1.32. The van der Waals surface area contributed by atoms with Gasteiger partial charge in [-0.25, -0.2) is 0 Å². The Morgan fingerprint density at radius 1 is 1.24 bits per heavy atom. The highest BCUT2D eigenvalue weighted by molar-refractivity contribution is 7.17. The summed E-state index contributed by atoms with van der Waals surface area (Å²) in [5.74, 6) is 0. The molecule has 0 bridgehead atoms. The molecule has 0 saturated heterocycles. The molecule has 3 rings (SSSR count). The van der Waals surface area contributed by atoms with Gasteiger partial charge in [-0.2, -0.15) is 0 Å². The molecular weight excluding hydrogens is 278 g/mol. The zero-order valence-electron chi connectivity index (χ0n) is 12.1. The second-order valence-electron chi connectivity index (χ2n) is 5.22. The van der Waals surface area contributed by atoms with E-state index in [1.165, 1.54) is 21.2 Å². The predicted molar refractivity (Wildman–Crippen MR) is 89.3 cm³/mol. The SMILES string of the molecule is CN(Cc1cccnc1)C(CN)c1csc2ccccc12. The summed E-state index contributed by atoms with van der Waals surface area (Å²) in [6, 6.07) is 12.8. The fourth-order valence-electron chi connectivity index (χ4n) is 2.69. The second kappa shape index (κ2) is 6.35. The summed E-state index contributed by atoms with van der Waals surface area (Å²) in [6.45, 7) is 1.46. The van der Waals surface area contributed by atoms with E-state index in [4.69, 9.17) is 5.73 Å². The number of rotatable bonds is 5. The number of likely N-dealkylation sites (N-methyl/N-ethyl adjacent to an activating group) is 1. The van der Waals surface area contributed by atoms with E-state index in [2.05, 4.69) is 52.6 Å². The molecule has 0 saturated carbocycles. The lowest BCUT2D eigenvalue weighted by Crippen LogP contribution is -2.30. The van der Waals surface area contributed by atoms with Crippen LogP contribution in [0.3, 0.4) is 0 Å². The van der Waals surface area contributed by atoms with Crippen molar-refractivity contribution in [1.82, 2.24) is 9.88 Å². The minimum Gasteiger partial charge on any atom is -0.329 e. The Balaban J connectivity index is 1.87. The number of pyridine rings is 1. The maximum absolute atomic E-state index is 6.06. The van der Waals surface area contributed by atoms with Crippen molar-refractivity contribution in [3.8, 4) is 0 Å². The largest absolute Gasteiger partial charge is 0.329 e. The summed E-state index contributed by atoms with van der Waals surface area (Å²) in [5.41, 5.74) is 8.59. The maximum atomic E-state index is 6.06. The molecule has 1 atom stereocenters. The number of benzene rings is 1. The highest BCUT2D eigenvalue weighted by Gasteiger charge is 2.19. The third kappa shape index (κ3) is 2.97. The first kappa shape index (κ1) is 14.2. The molecule has 2 N–H and O–H groups in total. The molecule has 0 radical (unpaired) electrons. The smallest absolute Gasteiger partial charge is 0.0485 e. The van der Waals surface area contributed by atoms with Crippen LogP contribution in [0, 0.1) is 0 Å². The van der Waals surface area contributed by atoms with Crippen molar-refractivity contribution in [2.45, 2.75) is 12.6 Å². The van der Waals surface area contributed by atoms with Crippen LogP contribution in [0.1, 0.15) is 17.2 Å². The van der Waals surface area contributed by atoms with Crippen LogP contribution in [0.15, 0.2) is 54.2 Å². The quantitative estimate of drug-likeness (QED) is 0.784. The zero-order valence-corrected chi connectivity index (χ0v) is 12.9. The van der Waals surface area contributed by atoms with Gasteiger partial charge in [-0.05, 0) is 41.1 Å². The summed E-state index contributed by atoms with van der Waals surface area (Å²) in [6.07, 6.45) is 3.71. The van der Waals surface area contributed by atoms with Crippen LogP contribution in [0.25, 0.3) is 10.1 Å². The van der Waals surface area contributed by atoms with Crippen molar-refractivity contribution < 1.29 is 0 Å². The Hall–Kier alpha value is -1.75. The summed E-state index contributed by atoms with van der Waals surface area (Å²) in [5, 5.41) is 3.55. The van der Waals surface area contributed by atoms with Gasteiger partial charge in [-0.15, -0.1) is 11.3 Å². The molecule has 0 aliphatic carbocycles. The van der Waals surface area contributed by atoms with Gasteiger partial charge >= 0.3 is 0 Å². The molecule has 0 amide bonds. The first-order valence-electron chi connectivity index (χ1n) is 7.05. The van der Waals surface area contributed by atoms with Crippen LogP contribution in [0.5, 0.6) is 0 Å². The lowest BCUT2D eigenvalue weighted by Gasteiger charge is -2.27. The first-order valence-corrected chi connectivity index (χ1v) is 7.93. The molecule has 108 valence electrons. The van der Waals surface area contributed by atoms with Crippen molar-refractivity contribution in [2.75, 3.05) is 13.6 Å². The molecule has 2 aromatic heterocycles. The molecule has 4 heteroatoms. The maximum Gasteiger partial charge on any atom is 0.0485 e. The normalized spacial score (nSPS) is 12.9.